The normalized spacial score (nSPS) is 14.3. The SMILES string of the molecule is COc1ccc(NS(=O)(=O)c2ccc([N+](=O)[O-])cc2)cc1N1CCCC1=O. The summed E-state index contributed by atoms with van der Waals surface area (Å²) in [4.78, 5) is 23.6. The van der Waals surface area contributed by atoms with E-state index in [1.807, 2.05) is 0 Å². The number of rotatable bonds is 6. The first-order valence-electron chi connectivity index (χ1n) is 8.07. The van der Waals surface area contributed by atoms with Crippen LogP contribution in [0.5, 0.6) is 5.75 Å². The highest BCUT2D eigenvalue weighted by Crippen LogP contribution is 2.34. The van der Waals surface area contributed by atoms with Crippen LogP contribution in [0.15, 0.2) is 47.4 Å². The first-order valence-corrected chi connectivity index (χ1v) is 9.56. The maximum absolute atomic E-state index is 12.5. The number of carbonyl (C=O) groups excluding carboxylic acids is 1. The summed E-state index contributed by atoms with van der Waals surface area (Å²) < 4.78 is 32.8. The highest BCUT2D eigenvalue weighted by molar-refractivity contribution is 7.92. The van der Waals surface area contributed by atoms with E-state index >= 15 is 0 Å². The lowest BCUT2D eigenvalue weighted by molar-refractivity contribution is -0.384. The summed E-state index contributed by atoms with van der Waals surface area (Å²) >= 11 is 0. The van der Waals surface area contributed by atoms with Gasteiger partial charge >= 0.3 is 0 Å². The number of non-ortho nitro benzene ring substituents is 1. The fourth-order valence-corrected chi connectivity index (χ4v) is 3.88. The Labute approximate surface area is 155 Å². The van der Waals surface area contributed by atoms with Crippen LogP contribution in [0, 0.1) is 10.1 Å². The molecule has 0 unspecified atom stereocenters. The molecule has 1 aliphatic heterocycles. The van der Waals surface area contributed by atoms with Crippen LogP contribution in [0.4, 0.5) is 17.1 Å². The molecule has 10 heteroatoms. The summed E-state index contributed by atoms with van der Waals surface area (Å²) in [6, 6.07) is 9.20. The minimum Gasteiger partial charge on any atom is -0.495 e. The van der Waals surface area contributed by atoms with Gasteiger partial charge in [0.25, 0.3) is 15.7 Å². The largest absolute Gasteiger partial charge is 0.495 e. The molecule has 0 atom stereocenters. The van der Waals surface area contributed by atoms with E-state index < -0.39 is 14.9 Å². The van der Waals surface area contributed by atoms with Crippen LogP contribution < -0.4 is 14.4 Å². The minimum absolute atomic E-state index is 0.0522. The second kappa shape index (κ2) is 7.23. The Hall–Kier alpha value is -3.14. The molecule has 27 heavy (non-hydrogen) atoms. The van der Waals surface area contributed by atoms with Crippen LogP contribution in [0.25, 0.3) is 0 Å². The van der Waals surface area contributed by atoms with E-state index in [1.54, 1.807) is 11.0 Å². The monoisotopic (exact) mass is 391 g/mol. The number of benzene rings is 2. The number of sulfonamides is 1. The summed E-state index contributed by atoms with van der Waals surface area (Å²) in [5.41, 5.74) is 0.543. The Morgan fingerprint density at radius 1 is 1.19 bits per heavy atom. The number of anilines is 2. The molecule has 0 aliphatic carbocycles. The van der Waals surface area contributed by atoms with E-state index in [9.17, 15) is 23.3 Å². The average molecular weight is 391 g/mol. The molecule has 1 heterocycles. The Morgan fingerprint density at radius 3 is 2.44 bits per heavy atom. The first-order chi connectivity index (χ1) is 12.8. The molecule has 0 spiro atoms. The molecule has 1 amide bonds. The third-order valence-electron chi connectivity index (χ3n) is 4.15. The Balaban J connectivity index is 1.90. The van der Waals surface area contributed by atoms with Crippen LogP contribution in [0.1, 0.15) is 12.8 Å². The number of ether oxygens (including phenoxy) is 1. The molecule has 0 aromatic heterocycles. The zero-order valence-corrected chi connectivity index (χ0v) is 15.2. The van der Waals surface area contributed by atoms with Crippen LogP contribution in [0.3, 0.4) is 0 Å². The van der Waals surface area contributed by atoms with E-state index in [4.69, 9.17) is 4.74 Å². The van der Waals surface area contributed by atoms with Gasteiger partial charge in [-0.15, -0.1) is 0 Å². The molecule has 0 bridgehead atoms. The van der Waals surface area contributed by atoms with E-state index in [2.05, 4.69) is 4.72 Å². The molecular formula is C17H17N3O6S. The van der Waals surface area contributed by atoms with Crippen molar-refractivity contribution in [2.24, 2.45) is 0 Å². The quantitative estimate of drug-likeness (QED) is 0.597. The van der Waals surface area contributed by atoms with Crippen molar-refractivity contribution in [2.75, 3.05) is 23.3 Å². The number of carbonyl (C=O) groups is 1. The van der Waals surface area contributed by atoms with Gasteiger partial charge in [0.1, 0.15) is 5.75 Å². The highest BCUT2D eigenvalue weighted by atomic mass is 32.2. The highest BCUT2D eigenvalue weighted by Gasteiger charge is 2.25. The fraction of sp³-hybridized carbons (Fsp3) is 0.235. The van der Waals surface area contributed by atoms with E-state index in [0.717, 1.165) is 30.7 Å². The van der Waals surface area contributed by atoms with Crippen molar-refractivity contribution in [1.29, 1.82) is 0 Å². The maximum Gasteiger partial charge on any atom is 0.269 e. The molecular weight excluding hydrogens is 374 g/mol. The molecule has 1 aliphatic rings. The summed E-state index contributed by atoms with van der Waals surface area (Å²) in [6.45, 7) is 0.535. The Morgan fingerprint density at radius 2 is 1.89 bits per heavy atom. The molecule has 0 saturated carbocycles. The third kappa shape index (κ3) is 3.85. The van der Waals surface area contributed by atoms with Gasteiger partial charge in [-0.25, -0.2) is 8.42 Å². The lowest BCUT2D eigenvalue weighted by Crippen LogP contribution is -2.24. The number of methoxy groups -OCH3 is 1. The van der Waals surface area contributed by atoms with E-state index in [1.165, 1.54) is 19.2 Å². The lowest BCUT2D eigenvalue weighted by Gasteiger charge is -2.20. The van der Waals surface area contributed by atoms with Crippen LogP contribution in [0.2, 0.25) is 0 Å². The zero-order chi connectivity index (χ0) is 19.6. The van der Waals surface area contributed by atoms with Gasteiger partial charge in [0.05, 0.1) is 28.3 Å². The van der Waals surface area contributed by atoms with Gasteiger partial charge in [0.2, 0.25) is 5.91 Å². The van der Waals surface area contributed by atoms with Crippen molar-refractivity contribution >= 4 is 33.0 Å². The lowest BCUT2D eigenvalue weighted by atomic mass is 10.2. The summed E-state index contributed by atoms with van der Waals surface area (Å²) in [7, 11) is -2.47. The summed E-state index contributed by atoms with van der Waals surface area (Å²) in [5, 5.41) is 10.7. The Kier molecular flexibility index (Phi) is 5.00. The number of nitro benzene ring substituents is 1. The fourth-order valence-electron chi connectivity index (χ4n) is 2.83. The number of nitrogens with one attached hydrogen (secondary N) is 1. The molecule has 142 valence electrons. The van der Waals surface area contributed by atoms with Crippen molar-refractivity contribution in [3.05, 3.63) is 52.6 Å². The summed E-state index contributed by atoms with van der Waals surface area (Å²) in [5.74, 6) is 0.409. The van der Waals surface area contributed by atoms with Crippen molar-refractivity contribution in [2.45, 2.75) is 17.7 Å². The van der Waals surface area contributed by atoms with Crippen molar-refractivity contribution in [1.82, 2.24) is 0 Å². The maximum atomic E-state index is 12.5. The molecule has 1 saturated heterocycles. The smallest absolute Gasteiger partial charge is 0.269 e. The average Bonchev–Trinajstić information content (AvgIpc) is 3.07. The van der Waals surface area contributed by atoms with Gasteiger partial charge in [-0.1, -0.05) is 0 Å². The molecule has 0 radical (unpaired) electrons. The number of nitro groups is 1. The summed E-state index contributed by atoms with van der Waals surface area (Å²) in [6.07, 6.45) is 1.16. The molecule has 2 aromatic rings. The second-order valence-corrected chi connectivity index (χ2v) is 7.57. The molecule has 3 rings (SSSR count). The van der Waals surface area contributed by atoms with Gasteiger partial charge in [0.15, 0.2) is 0 Å². The second-order valence-electron chi connectivity index (χ2n) is 5.89. The van der Waals surface area contributed by atoms with Crippen LogP contribution in [-0.2, 0) is 14.8 Å². The molecule has 2 aromatic carbocycles. The molecule has 1 fully saturated rings. The Bertz CT molecular complexity index is 988. The molecule has 9 nitrogen and oxygen atoms in total. The molecule has 1 N–H and O–H groups in total. The van der Waals surface area contributed by atoms with Gasteiger partial charge < -0.3 is 9.64 Å². The number of hydrogen-bond donors (Lipinski definition) is 1. The van der Waals surface area contributed by atoms with Crippen LogP contribution >= 0.6 is 0 Å². The topological polar surface area (TPSA) is 119 Å². The van der Waals surface area contributed by atoms with Gasteiger partial charge in [-0.05, 0) is 36.8 Å². The van der Waals surface area contributed by atoms with E-state index in [0.29, 0.717) is 24.4 Å². The van der Waals surface area contributed by atoms with Crippen molar-refractivity contribution in [3.8, 4) is 5.75 Å². The predicted octanol–water partition coefficient (Wildman–Crippen LogP) is 2.53. The van der Waals surface area contributed by atoms with Crippen molar-refractivity contribution < 1.29 is 22.9 Å². The van der Waals surface area contributed by atoms with Crippen LogP contribution in [-0.4, -0.2) is 32.9 Å². The zero-order valence-electron chi connectivity index (χ0n) is 14.4. The first kappa shape index (κ1) is 18.6. The minimum atomic E-state index is -3.95. The van der Waals surface area contributed by atoms with Gasteiger partial charge in [-0.3, -0.25) is 19.6 Å². The number of hydrogen-bond acceptors (Lipinski definition) is 6. The van der Waals surface area contributed by atoms with Crippen molar-refractivity contribution in [3.63, 3.8) is 0 Å². The van der Waals surface area contributed by atoms with E-state index in [-0.39, 0.29) is 22.2 Å². The predicted molar refractivity (Wildman–Crippen MR) is 98.5 cm³/mol. The third-order valence-corrected chi connectivity index (χ3v) is 5.55. The number of nitrogens with zero attached hydrogens (tertiary/aromatic N) is 2. The standard InChI is InChI=1S/C17H17N3O6S/c1-26-16-9-4-12(11-15(16)19-10-2-3-17(19)21)18-27(24,25)14-7-5-13(6-8-14)20(22)23/h4-9,11,18H,2-3,10H2,1H3. The van der Waals surface area contributed by atoms with Gasteiger partial charge in [0, 0.05) is 25.1 Å². The number of amides is 1. The van der Waals surface area contributed by atoms with Gasteiger partial charge in [-0.2, -0.15) is 0 Å².